The van der Waals surface area contributed by atoms with E-state index in [2.05, 4.69) is 21.0 Å². The molecule has 5 heteroatoms. The summed E-state index contributed by atoms with van der Waals surface area (Å²) in [7, 11) is 0. The van der Waals surface area contributed by atoms with Gasteiger partial charge in [-0.3, -0.25) is 0 Å². The fourth-order valence-electron chi connectivity index (χ4n) is 0.891. The average Bonchev–Trinajstić information content (AvgIpc) is 2.13. The van der Waals surface area contributed by atoms with E-state index in [-0.39, 0.29) is 5.97 Å². The van der Waals surface area contributed by atoms with Crippen LogP contribution in [0, 0.1) is 0 Å². The van der Waals surface area contributed by atoms with Gasteiger partial charge in [-0.05, 0) is 0 Å². The van der Waals surface area contributed by atoms with Crippen LogP contribution < -0.4 is 0 Å². The summed E-state index contributed by atoms with van der Waals surface area (Å²) in [6.45, 7) is 8.91. The van der Waals surface area contributed by atoms with Crippen LogP contribution in [-0.4, -0.2) is 49.4 Å². The topological polar surface area (TPSA) is 58.9 Å². The molecule has 0 aliphatic rings. The van der Waals surface area contributed by atoms with Gasteiger partial charge in [0.25, 0.3) is 0 Å². The van der Waals surface area contributed by atoms with E-state index in [4.69, 9.17) is 4.74 Å². The molecule has 0 aromatic carbocycles. The summed E-state index contributed by atoms with van der Waals surface area (Å²) < 4.78 is 5.62. The zero-order valence-electron chi connectivity index (χ0n) is 10.5. The monoisotopic (exact) mass is 294 g/mol. The van der Waals surface area contributed by atoms with Crippen LogP contribution in [0.2, 0.25) is 0 Å². The van der Waals surface area contributed by atoms with Crippen LogP contribution in [0.25, 0.3) is 0 Å². The summed E-state index contributed by atoms with van der Waals surface area (Å²) in [5.74, 6) is -0.386. The molecule has 0 aromatic heterocycles. The van der Waals surface area contributed by atoms with E-state index in [1.807, 2.05) is 6.92 Å². The maximum atomic E-state index is 11.6. The summed E-state index contributed by atoms with van der Waals surface area (Å²) in [6.07, 6.45) is -0.0720. The van der Waals surface area contributed by atoms with E-state index in [9.17, 15) is 9.90 Å². The van der Waals surface area contributed by atoms with Gasteiger partial charge >= 0.3 is 105 Å². The normalized spacial score (nSPS) is 16.8. The van der Waals surface area contributed by atoms with Gasteiger partial charge in [0.1, 0.15) is 0 Å². The Bertz CT molecular complexity index is 271. The van der Waals surface area contributed by atoms with Crippen LogP contribution in [0.5, 0.6) is 0 Å². The van der Waals surface area contributed by atoms with Crippen molar-refractivity contribution in [3.8, 4) is 0 Å². The fraction of sp³-hybridized carbons (Fsp3) is 0.818. The quantitative estimate of drug-likeness (QED) is 0.479. The predicted molar refractivity (Wildman–Crippen MR) is 64.8 cm³/mol. The molecule has 1 radical (unpaired) electrons. The molecule has 0 aliphatic carbocycles. The SMILES string of the molecule is CCC(O)C([Se])=N[C@@H](C)C(=O)OC(C)(C)C. The Balaban J connectivity index is 4.46. The van der Waals surface area contributed by atoms with Crippen LogP contribution in [0.1, 0.15) is 41.0 Å². The molecular weight excluding hydrogens is 273 g/mol. The first-order valence-corrected chi connectivity index (χ1v) is 6.18. The Kier molecular flexibility index (Phi) is 6.23. The summed E-state index contributed by atoms with van der Waals surface area (Å²) in [6, 6.07) is -0.600. The van der Waals surface area contributed by atoms with Crippen molar-refractivity contribution in [1.82, 2.24) is 0 Å². The number of aliphatic imine (C=N–C) groups is 1. The maximum absolute atomic E-state index is 11.6. The Hall–Kier alpha value is -0.381. The van der Waals surface area contributed by atoms with E-state index in [0.29, 0.717) is 11.0 Å². The molecule has 2 atom stereocenters. The molecule has 1 unspecified atom stereocenters. The molecule has 0 bridgehead atoms. The molecule has 0 aliphatic heterocycles. The van der Waals surface area contributed by atoms with Crippen molar-refractivity contribution in [3.05, 3.63) is 0 Å². The van der Waals surface area contributed by atoms with Crippen molar-refractivity contribution in [2.75, 3.05) is 0 Å². The van der Waals surface area contributed by atoms with Crippen molar-refractivity contribution >= 4 is 26.6 Å². The van der Waals surface area contributed by atoms with Crippen molar-refractivity contribution in [2.45, 2.75) is 58.8 Å². The van der Waals surface area contributed by atoms with Crippen molar-refractivity contribution in [2.24, 2.45) is 4.99 Å². The molecule has 1 N–H and O–H groups in total. The first-order chi connectivity index (χ1) is 7.17. The van der Waals surface area contributed by atoms with Crippen molar-refractivity contribution in [3.63, 3.8) is 0 Å². The third-order valence-electron chi connectivity index (χ3n) is 1.74. The van der Waals surface area contributed by atoms with Gasteiger partial charge in [-0.15, -0.1) is 0 Å². The van der Waals surface area contributed by atoms with E-state index < -0.39 is 17.7 Å². The number of carbonyl (C=O) groups is 1. The summed E-state index contributed by atoms with van der Waals surface area (Å²) in [5, 5.41) is 9.48. The van der Waals surface area contributed by atoms with Gasteiger partial charge in [-0.1, -0.05) is 0 Å². The van der Waals surface area contributed by atoms with Gasteiger partial charge in [0.15, 0.2) is 0 Å². The molecule has 0 amide bonds. The van der Waals surface area contributed by atoms with Gasteiger partial charge in [-0.25, -0.2) is 0 Å². The second-order valence-corrected chi connectivity index (χ2v) is 5.48. The third-order valence-corrected chi connectivity index (χ3v) is 2.53. The number of esters is 1. The molecule has 93 valence electrons. The Morgan fingerprint density at radius 2 is 2.00 bits per heavy atom. The van der Waals surface area contributed by atoms with Crippen molar-refractivity contribution < 1.29 is 14.6 Å². The Labute approximate surface area is 105 Å². The summed E-state index contributed by atoms with van der Waals surface area (Å²) in [5.41, 5.74) is -0.512. The number of hydrogen-bond donors (Lipinski definition) is 1. The van der Waals surface area contributed by atoms with Crippen LogP contribution >= 0.6 is 0 Å². The molecule has 0 heterocycles. The number of ether oxygens (including phenoxy) is 1. The summed E-state index contributed by atoms with van der Waals surface area (Å²) in [4.78, 5) is 15.6. The van der Waals surface area contributed by atoms with Gasteiger partial charge < -0.3 is 0 Å². The molecular formula is C11H20NO3Se. The van der Waals surface area contributed by atoms with Gasteiger partial charge in [0.2, 0.25) is 0 Å². The fourth-order valence-corrected chi connectivity index (χ4v) is 1.57. The number of carbonyl (C=O) groups excluding carboxylic acids is 1. The zero-order valence-corrected chi connectivity index (χ0v) is 12.2. The van der Waals surface area contributed by atoms with Crippen LogP contribution in [-0.2, 0) is 9.53 Å². The number of hydrogen-bond acceptors (Lipinski definition) is 4. The minimum atomic E-state index is -0.634. The predicted octanol–water partition coefficient (Wildman–Crippen LogP) is 1.05. The van der Waals surface area contributed by atoms with Crippen LogP contribution in [0.15, 0.2) is 4.99 Å². The second kappa shape index (κ2) is 6.38. The first-order valence-electron chi connectivity index (χ1n) is 5.33. The molecule has 0 rings (SSSR count). The van der Waals surface area contributed by atoms with Gasteiger partial charge in [0, 0.05) is 0 Å². The zero-order chi connectivity index (χ0) is 12.9. The number of nitrogens with zero attached hydrogens (tertiary/aromatic N) is 1. The standard InChI is InChI=1S/C11H20NO3Se/c1-6-8(13)9(16)12-7(2)10(14)15-11(3,4)5/h7-8,13H,6H2,1-5H3/t7-,8?/m0/s1. The molecule has 0 saturated heterocycles. The number of aliphatic hydroxyl groups excluding tert-OH is 1. The molecule has 4 nitrogen and oxygen atoms in total. The Morgan fingerprint density at radius 3 is 2.38 bits per heavy atom. The molecule has 0 aromatic rings. The molecule has 0 saturated carbocycles. The third kappa shape index (κ3) is 6.26. The molecule has 0 spiro atoms. The number of rotatable bonds is 4. The molecule has 16 heavy (non-hydrogen) atoms. The minimum absolute atomic E-state index is 0.386. The van der Waals surface area contributed by atoms with Crippen LogP contribution in [0.3, 0.4) is 0 Å². The summed E-state index contributed by atoms with van der Waals surface area (Å²) >= 11 is 2.67. The average molecular weight is 293 g/mol. The Morgan fingerprint density at radius 1 is 1.50 bits per heavy atom. The first kappa shape index (κ1) is 15.6. The molecule has 0 fully saturated rings. The van der Waals surface area contributed by atoms with E-state index in [1.54, 1.807) is 27.7 Å². The van der Waals surface area contributed by atoms with Crippen molar-refractivity contribution in [1.29, 1.82) is 0 Å². The van der Waals surface area contributed by atoms with Gasteiger partial charge in [0.05, 0.1) is 0 Å². The van der Waals surface area contributed by atoms with Gasteiger partial charge in [-0.2, -0.15) is 0 Å². The van der Waals surface area contributed by atoms with E-state index in [0.717, 1.165) is 0 Å². The number of aliphatic hydroxyl groups is 1. The van der Waals surface area contributed by atoms with Crippen LogP contribution in [0.4, 0.5) is 0 Å². The second-order valence-electron chi connectivity index (χ2n) is 4.60. The van der Waals surface area contributed by atoms with E-state index in [1.165, 1.54) is 0 Å². The van der Waals surface area contributed by atoms with E-state index >= 15 is 0 Å².